The maximum absolute atomic E-state index is 13.5. The van der Waals surface area contributed by atoms with Crippen molar-refractivity contribution < 1.29 is 13.2 Å². The van der Waals surface area contributed by atoms with Gasteiger partial charge >= 0.3 is 6.18 Å². The third kappa shape index (κ3) is 2.69. The normalized spacial score (nSPS) is 12.3. The number of hydrogen-bond acceptors (Lipinski definition) is 3. The summed E-state index contributed by atoms with van der Waals surface area (Å²) in [6.07, 6.45) is -0.567. The number of rotatable bonds is 3. The van der Waals surface area contributed by atoms with Crippen LogP contribution in [0, 0.1) is 6.92 Å². The number of fused-ring (bicyclic) bond motifs is 1. The molecule has 0 N–H and O–H groups in total. The van der Waals surface area contributed by atoms with Crippen LogP contribution in [-0.4, -0.2) is 24.5 Å². The van der Waals surface area contributed by atoms with E-state index in [9.17, 15) is 13.2 Å². The van der Waals surface area contributed by atoms with E-state index in [0.717, 1.165) is 12.5 Å². The minimum atomic E-state index is -4.47. The van der Waals surface area contributed by atoms with E-state index in [1.54, 1.807) is 24.9 Å². The highest BCUT2D eigenvalue weighted by molar-refractivity contribution is 5.85. The minimum Gasteiger partial charge on any atom is -0.275 e. The fraction of sp³-hybridized carbons (Fsp3) is 0.400. The molecule has 0 spiro atoms. The van der Waals surface area contributed by atoms with Crippen molar-refractivity contribution in [2.24, 2.45) is 7.05 Å². The SMILES string of the molecule is CCCn1nc(C)c2c(C(F)(F)F)cc(-c3cnn(C)c3)nc21. The van der Waals surface area contributed by atoms with E-state index in [1.807, 2.05) is 6.92 Å². The van der Waals surface area contributed by atoms with Gasteiger partial charge in [0.25, 0.3) is 0 Å². The lowest BCUT2D eigenvalue weighted by Gasteiger charge is -2.10. The summed E-state index contributed by atoms with van der Waals surface area (Å²) in [5, 5.41) is 8.30. The van der Waals surface area contributed by atoms with Crippen LogP contribution >= 0.6 is 0 Å². The van der Waals surface area contributed by atoms with E-state index < -0.39 is 11.7 Å². The Morgan fingerprint density at radius 3 is 2.57 bits per heavy atom. The van der Waals surface area contributed by atoms with Gasteiger partial charge in [-0.2, -0.15) is 23.4 Å². The summed E-state index contributed by atoms with van der Waals surface area (Å²) in [6.45, 7) is 4.04. The zero-order valence-electron chi connectivity index (χ0n) is 13.0. The van der Waals surface area contributed by atoms with E-state index in [0.29, 0.717) is 17.8 Å². The molecule has 0 saturated heterocycles. The van der Waals surface area contributed by atoms with Gasteiger partial charge in [0.1, 0.15) is 0 Å². The van der Waals surface area contributed by atoms with Gasteiger partial charge in [-0.05, 0) is 19.4 Å². The van der Waals surface area contributed by atoms with Gasteiger partial charge in [0.15, 0.2) is 5.65 Å². The lowest BCUT2D eigenvalue weighted by molar-refractivity contribution is -0.136. The number of nitrogens with zero attached hydrogens (tertiary/aromatic N) is 5. The molecule has 3 heterocycles. The minimum absolute atomic E-state index is 0.0681. The number of alkyl halides is 3. The second-order valence-corrected chi connectivity index (χ2v) is 5.46. The van der Waals surface area contributed by atoms with Crippen LogP contribution in [0.2, 0.25) is 0 Å². The van der Waals surface area contributed by atoms with Gasteiger partial charge in [-0.3, -0.25) is 4.68 Å². The van der Waals surface area contributed by atoms with Crippen molar-refractivity contribution in [3.63, 3.8) is 0 Å². The largest absolute Gasteiger partial charge is 0.417 e. The van der Waals surface area contributed by atoms with Gasteiger partial charge < -0.3 is 0 Å². The molecule has 0 radical (unpaired) electrons. The summed E-state index contributed by atoms with van der Waals surface area (Å²) in [6, 6.07) is 1.07. The van der Waals surface area contributed by atoms with E-state index in [4.69, 9.17) is 0 Å². The molecule has 0 amide bonds. The fourth-order valence-corrected chi connectivity index (χ4v) is 2.65. The Bertz CT molecular complexity index is 860. The Morgan fingerprint density at radius 2 is 2.00 bits per heavy atom. The second kappa shape index (κ2) is 5.36. The molecular weight excluding hydrogens is 307 g/mol. The molecule has 0 aliphatic heterocycles. The summed E-state index contributed by atoms with van der Waals surface area (Å²) < 4.78 is 43.6. The molecule has 0 fully saturated rings. The topological polar surface area (TPSA) is 48.5 Å². The summed E-state index contributed by atoms with van der Waals surface area (Å²) in [7, 11) is 1.71. The van der Waals surface area contributed by atoms with Crippen LogP contribution in [-0.2, 0) is 19.8 Å². The summed E-state index contributed by atoms with van der Waals surface area (Å²) in [5.41, 5.74) is 0.683. The average Bonchev–Trinajstić information content (AvgIpc) is 3.02. The van der Waals surface area contributed by atoms with E-state index in [1.165, 1.54) is 10.9 Å². The van der Waals surface area contributed by atoms with Crippen molar-refractivity contribution in [2.75, 3.05) is 0 Å². The van der Waals surface area contributed by atoms with Gasteiger partial charge in [-0.1, -0.05) is 6.92 Å². The summed E-state index contributed by atoms with van der Waals surface area (Å²) >= 11 is 0. The second-order valence-electron chi connectivity index (χ2n) is 5.46. The monoisotopic (exact) mass is 323 g/mol. The fourth-order valence-electron chi connectivity index (χ4n) is 2.65. The van der Waals surface area contributed by atoms with Gasteiger partial charge in [0.05, 0.1) is 28.5 Å². The summed E-state index contributed by atoms with van der Waals surface area (Å²) in [4.78, 5) is 4.42. The van der Waals surface area contributed by atoms with Crippen molar-refractivity contribution in [3.8, 4) is 11.3 Å². The van der Waals surface area contributed by atoms with Crippen LogP contribution in [0.4, 0.5) is 13.2 Å². The van der Waals surface area contributed by atoms with Crippen molar-refractivity contribution in [3.05, 3.63) is 29.7 Å². The number of hydrogen-bond donors (Lipinski definition) is 0. The first-order valence-corrected chi connectivity index (χ1v) is 7.25. The van der Waals surface area contributed by atoms with Crippen LogP contribution in [0.1, 0.15) is 24.6 Å². The smallest absolute Gasteiger partial charge is 0.275 e. The Kier molecular flexibility index (Phi) is 3.62. The van der Waals surface area contributed by atoms with Crippen LogP contribution in [0.15, 0.2) is 18.5 Å². The molecule has 0 bridgehead atoms. The highest BCUT2D eigenvalue weighted by atomic mass is 19.4. The Labute approximate surface area is 130 Å². The average molecular weight is 323 g/mol. The third-order valence-corrected chi connectivity index (χ3v) is 3.62. The lowest BCUT2D eigenvalue weighted by atomic mass is 10.1. The van der Waals surface area contributed by atoms with Crippen molar-refractivity contribution in [1.29, 1.82) is 0 Å². The predicted octanol–water partition coefficient (Wildman–Crippen LogP) is 3.57. The highest BCUT2D eigenvalue weighted by Gasteiger charge is 2.35. The molecule has 3 rings (SSSR count). The quantitative estimate of drug-likeness (QED) is 0.740. The highest BCUT2D eigenvalue weighted by Crippen LogP contribution is 2.38. The van der Waals surface area contributed by atoms with Gasteiger partial charge in [-0.25, -0.2) is 9.67 Å². The van der Waals surface area contributed by atoms with Gasteiger partial charge in [0.2, 0.25) is 0 Å². The molecule has 122 valence electrons. The van der Waals surface area contributed by atoms with Crippen LogP contribution in [0.5, 0.6) is 0 Å². The zero-order chi connectivity index (χ0) is 16.8. The van der Waals surface area contributed by atoms with Crippen molar-refractivity contribution in [1.82, 2.24) is 24.5 Å². The molecule has 3 aromatic rings. The van der Waals surface area contributed by atoms with Crippen LogP contribution < -0.4 is 0 Å². The van der Waals surface area contributed by atoms with Crippen LogP contribution in [0.3, 0.4) is 0 Å². The van der Waals surface area contributed by atoms with Crippen molar-refractivity contribution >= 4 is 11.0 Å². The molecular formula is C15H16F3N5. The van der Waals surface area contributed by atoms with Gasteiger partial charge in [0, 0.05) is 25.4 Å². The first kappa shape index (κ1) is 15.5. The predicted molar refractivity (Wildman–Crippen MR) is 79.8 cm³/mol. The molecule has 8 heteroatoms. The van der Waals surface area contributed by atoms with Gasteiger partial charge in [-0.15, -0.1) is 0 Å². The lowest BCUT2D eigenvalue weighted by Crippen LogP contribution is -2.08. The maximum Gasteiger partial charge on any atom is 0.417 e. The molecule has 5 nitrogen and oxygen atoms in total. The molecule has 0 aromatic carbocycles. The third-order valence-electron chi connectivity index (χ3n) is 3.62. The molecule has 23 heavy (non-hydrogen) atoms. The maximum atomic E-state index is 13.5. The molecule has 0 aliphatic rings. The Morgan fingerprint density at radius 1 is 1.26 bits per heavy atom. The first-order chi connectivity index (χ1) is 10.8. The van der Waals surface area contributed by atoms with Crippen molar-refractivity contribution in [2.45, 2.75) is 33.0 Å². The number of aromatic nitrogens is 5. The van der Waals surface area contributed by atoms with E-state index >= 15 is 0 Å². The zero-order valence-corrected chi connectivity index (χ0v) is 13.0. The molecule has 3 aromatic heterocycles. The summed E-state index contributed by atoms with van der Waals surface area (Å²) in [5.74, 6) is 0. The van der Waals surface area contributed by atoms with E-state index in [-0.39, 0.29) is 16.7 Å². The molecule has 0 unspecified atom stereocenters. The molecule has 0 aliphatic carbocycles. The molecule has 0 saturated carbocycles. The molecule has 0 atom stereocenters. The first-order valence-electron chi connectivity index (χ1n) is 7.25. The van der Waals surface area contributed by atoms with Crippen LogP contribution in [0.25, 0.3) is 22.3 Å². The number of aryl methyl sites for hydroxylation is 3. The Balaban J connectivity index is 2.34. The Hall–Kier alpha value is -2.38. The number of halogens is 3. The van der Waals surface area contributed by atoms with E-state index in [2.05, 4.69) is 15.2 Å². The standard InChI is InChI=1S/C15H16F3N5/c1-4-5-23-14-13(9(2)21-23)11(15(16,17)18)6-12(20-14)10-7-19-22(3)8-10/h6-8H,4-5H2,1-3H3. The number of pyridine rings is 1.